The third kappa shape index (κ3) is 4.20. The number of ether oxygens (including phenoxy) is 1. The van der Waals surface area contributed by atoms with Gasteiger partial charge < -0.3 is 15.8 Å². The molecule has 2 heterocycles. The average Bonchev–Trinajstić information content (AvgIpc) is 3.16. The Balaban J connectivity index is 1.62. The van der Waals surface area contributed by atoms with Crippen molar-refractivity contribution in [2.24, 2.45) is 5.73 Å². The zero-order valence-electron chi connectivity index (χ0n) is 13.1. The van der Waals surface area contributed by atoms with Crippen LogP contribution in [0.3, 0.4) is 0 Å². The molecule has 126 valence electrons. The first kappa shape index (κ1) is 16.2. The highest BCUT2D eigenvalue weighted by Gasteiger charge is 2.08. The highest BCUT2D eigenvalue weighted by Crippen LogP contribution is 2.16. The van der Waals surface area contributed by atoms with E-state index >= 15 is 0 Å². The van der Waals surface area contributed by atoms with E-state index in [0.717, 1.165) is 0 Å². The molecule has 8 heteroatoms. The van der Waals surface area contributed by atoms with Crippen molar-refractivity contribution in [2.75, 3.05) is 11.9 Å². The van der Waals surface area contributed by atoms with Gasteiger partial charge in [-0.15, -0.1) is 0 Å². The number of hydrogen-bond acceptors (Lipinski definition) is 5. The number of nitrogens with zero attached hydrogens (tertiary/aromatic N) is 3. The van der Waals surface area contributed by atoms with Crippen molar-refractivity contribution in [3.05, 3.63) is 66.9 Å². The van der Waals surface area contributed by atoms with Gasteiger partial charge >= 0.3 is 0 Å². The predicted octanol–water partition coefficient (Wildman–Crippen LogP) is 1.38. The molecule has 0 aliphatic carbocycles. The third-order valence-electron chi connectivity index (χ3n) is 3.27. The first-order chi connectivity index (χ1) is 12.1. The van der Waals surface area contributed by atoms with Crippen LogP contribution in [-0.2, 0) is 4.79 Å². The summed E-state index contributed by atoms with van der Waals surface area (Å²) in [6, 6.07) is 10.0. The lowest BCUT2D eigenvalue weighted by Gasteiger charge is -2.08. The second-order valence-electron chi connectivity index (χ2n) is 5.11. The smallest absolute Gasteiger partial charge is 0.257 e. The lowest BCUT2D eigenvalue weighted by atomic mass is 10.2. The van der Waals surface area contributed by atoms with E-state index in [0.29, 0.717) is 22.8 Å². The van der Waals surface area contributed by atoms with Gasteiger partial charge in [0.1, 0.15) is 17.9 Å². The van der Waals surface area contributed by atoms with Gasteiger partial charge in [0, 0.05) is 24.3 Å². The molecule has 3 rings (SSSR count). The highest BCUT2D eigenvalue weighted by molar-refractivity contribution is 6.04. The summed E-state index contributed by atoms with van der Waals surface area (Å²) in [5.41, 5.74) is 6.03. The van der Waals surface area contributed by atoms with E-state index < -0.39 is 5.91 Å². The van der Waals surface area contributed by atoms with Gasteiger partial charge in [-0.05, 0) is 36.4 Å². The normalized spacial score (nSPS) is 10.2. The van der Waals surface area contributed by atoms with Gasteiger partial charge in [-0.1, -0.05) is 0 Å². The van der Waals surface area contributed by atoms with Crippen molar-refractivity contribution in [1.82, 2.24) is 14.5 Å². The Labute approximate surface area is 143 Å². The molecule has 8 nitrogen and oxygen atoms in total. The molecule has 0 fully saturated rings. The number of pyridine rings is 1. The molecule has 25 heavy (non-hydrogen) atoms. The molecular weight excluding hydrogens is 322 g/mol. The molecule has 0 aliphatic rings. The maximum absolute atomic E-state index is 12.2. The molecule has 0 atom stereocenters. The van der Waals surface area contributed by atoms with E-state index in [-0.39, 0.29) is 12.5 Å². The zero-order valence-corrected chi connectivity index (χ0v) is 13.1. The van der Waals surface area contributed by atoms with Crippen LogP contribution in [0.15, 0.2) is 61.3 Å². The fourth-order valence-electron chi connectivity index (χ4n) is 2.06. The lowest BCUT2D eigenvalue weighted by Crippen LogP contribution is -2.20. The summed E-state index contributed by atoms with van der Waals surface area (Å²) in [6.07, 6.45) is 6.54. The monoisotopic (exact) mass is 337 g/mol. The molecule has 0 radical (unpaired) electrons. The number of hydrogen-bond donors (Lipinski definition) is 2. The van der Waals surface area contributed by atoms with Crippen molar-refractivity contribution in [3.8, 4) is 11.6 Å². The van der Waals surface area contributed by atoms with Gasteiger partial charge in [0.05, 0.1) is 5.56 Å². The van der Waals surface area contributed by atoms with Crippen molar-refractivity contribution in [2.45, 2.75) is 0 Å². The van der Waals surface area contributed by atoms with E-state index in [2.05, 4.69) is 15.3 Å². The van der Waals surface area contributed by atoms with Crippen LogP contribution in [0.2, 0.25) is 0 Å². The molecule has 0 unspecified atom stereocenters. The number of primary amides is 1. The maximum Gasteiger partial charge on any atom is 0.257 e. The minimum absolute atomic E-state index is 0.194. The summed E-state index contributed by atoms with van der Waals surface area (Å²) >= 11 is 0. The Bertz CT molecular complexity index is 858. The van der Waals surface area contributed by atoms with Gasteiger partial charge in [0.2, 0.25) is 0 Å². The number of carbonyl (C=O) groups excluding carboxylic acids is 2. The highest BCUT2D eigenvalue weighted by atomic mass is 16.5. The average molecular weight is 337 g/mol. The second kappa shape index (κ2) is 7.26. The Morgan fingerprint density at radius 1 is 1.16 bits per heavy atom. The third-order valence-corrected chi connectivity index (χ3v) is 3.27. The summed E-state index contributed by atoms with van der Waals surface area (Å²) in [5, 5.41) is 2.76. The fraction of sp³-hybridized carbons (Fsp3) is 0.0588. The molecule has 0 aliphatic heterocycles. The minimum Gasteiger partial charge on any atom is -0.484 e. The quantitative estimate of drug-likeness (QED) is 0.706. The molecule has 0 saturated heterocycles. The number of nitrogens with two attached hydrogens (primary N) is 1. The number of anilines is 1. The summed E-state index contributed by atoms with van der Waals surface area (Å²) in [4.78, 5) is 31.1. The molecule has 3 N–H and O–H groups in total. The van der Waals surface area contributed by atoms with E-state index in [1.807, 2.05) is 0 Å². The summed E-state index contributed by atoms with van der Waals surface area (Å²) in [6.45, 7) is -0.194. The maximum atomic E-state index is 12.2. The fourth-order valence-corrected chi connectivity index (χ4v) is 2.06. The van der Waals surface area contributed by atoms with Crippen molar-refractivity contribution >= 4 is 17.5 Å². The zero-order chi connectivity index (χ0) is 17.6. The van der Waals surface area contributed by atoms with Gasteiger partial charge in [-0.25, -0.2) is 9.97 Å². The molecular formula is C17H15N5O3. The van der Waals surface area contributed by atoms with Crippen LogP contribution in [0.1, 0.15) is 10.4 Å². The van der Waals surface area contributed by atoms with Crippen molar-refractivity contribution in [1.29, 1.82) is 0 Å². The number of rotatable bonds is 6. The van der Waals surface area contributed by atoms with Crippen LogP contribution in [-0.4, -0.2) is 33.0 Å². The largest absolute Gasteiger partial charge is 0.484 e. The van der Waals surface area contributed by atoms with E-state index in [1.54, 1.807) is 59.7 Å². The Morgan fingerprint density at radius 2 is 1.96 bits per heavy atom. The summed E-state index contributed by atoms with van der Waals surface area (Å²) in [7, 11) is 0. The first-order valence-corrected chi connectivity index (χ1v) is 7.39. The van der Waals surface area contributed by atoms with Gasteiger partial charge in [-0.3, -0.25) is 14.2 Å². The van der Waals surface area contributed by atoms with Gasteiger partial charge in [-0.2, -0.15) is 0 Å². The van der Waals surface area contributed by atoms with Crippen LogP contribution < -0.4 is 15.8 Å². The molecule has 0 saturated carbocycles. The van der Waals surface area contributed by atoms with Gasteiger partial charge in [0.25, 0.3) is 11.8 Å². The summed E-state index contributed by atoms with van der Waals surface area (Å²) in [5.74, 6) is 0.327. The van der Waals surface area contributed by atoms with E-state index in [4.69, 9.17) is 10.5 Å². The van der Waals surface area contributed by atoms with E-state index in [9.17, 15) is 9.59 Å². The second-order valence-corrected chi connectivity index (χ2v) is 5.11. The SMILES string of the molecule is NC(=O)COc1ccc(NC(=O)c2ccc(-n3ccnc3)nc2)cc1. The van der Waals surface area contributed by atoms with Crippen LogP contribution in [0.25, 0.3) is 5.82 Å². The summed E-state index contributed by atoms with van der Waals surface area (Å²) < 4.78 is 6.90. The topological polar surface area (TPSA) is 112 Å². The first-order valence-electron chi connectivity index (χ1n) is 7.39. The van der Waals surface area contributed by atoms with Crippen LogP contribution >= 0.6 is 0 Å². The number of nitrogens with one attached hydrogen (secondary N) is 1. The number of carbonyl (C=O) groups is 2. The molecule has 3 aromatic rings. The number of benzene rings is 1. The van der Waals surface area contributed by atoms with Crippen molar-refractivity contribution < 1.29 is 14.3 Å². The Morgan fingerprint density at radius 3 is 2.56 bits per heavy atom. The molecule has 2 aromatic heterocycles. The standard InChI is InChI=1S/C17H15N5O3/c18-15(23)10-25-14-4-2-13(3-5-14)21-17(24)12-1-6-16(20-9-12)22-8-7-19-11-22/h1-9,11H,10H2,(H2,18,23)(H,21,24). The minimum atomic E-state index is -0.552. The van der Waals surface area contributed by atoms with Crippen LogP contribution in [0.4, 0.5) is 5.69 Å². The predicted molar refractivity (Wildman–Crippen MR) is 90.4 cm³/mol. The molecule has 2 amide bonds. The van der Waals surface area contributed by atoms with Gasteiger partial charge in [0.15, 0.2) is 6.61 Å². The molecule has 0 spiro atoms. The number of aromatic nitrogens is 3. The Kier molecular flexibility index (Phi) is 4.70. The number of imidazole rings is 1. The Hall–Kier alpha value is -3.68. The molecule has 1 aromatic carbocycles. The van der Waals surface area contributed by atoms with E-state index in [1.165, 1.54) is 6.20 Å². The van der Waals surface area contributed by atoms with Crippen LogP contribution in [0, 0.1) is 0 Å². The number of amides is 2. The van der Waals surface area contributed by atoms with Crippen LogP contribution in [0.5, 0.6) is 5.75 Å². The lowest BCUT2D eigenvalue weighted by molar-refractivity contribution is -0.119. The van der Waals surface area contributed by atoms with Crippen molar-refractivity contribution in [3.63, 3.8) is 0 Å². The molecule has 0 bridgehead atoms.